The highest BCUT2D eigenvalue weighted by molar-refractivity contribution is 5.99. The standard InChI is InChI=1S/C16H14F2N2O/c17-12-2-1-3-13(18)11(12)8-14(19)9-4-5-15-10(6-9)7-16(21)20-15/h1-6,14H,7-8,19H2,(H,20,21). The molecule has 2 aromatic rings. The van der Waals surface area contributed by atoms with Gasteiger partial charge in [0.05, 0.1) is 6.42 Å². The molecule has 3 rings (SSSR count). The minimum absolute atomic E-state index is 0.0142. The summed E-state index contributed by atoms with van der Waals surface area (Å²) >= 11 is 0. The Morgan fingerprint density at radius 1 is 1.19 bits per heavy atom. The van der Waals surface area contributed by atoms with Gasteiger partial charge in [0.1, 0.15) is 11.6 Å². The number of nitrogens with two attached hydrogens (primary N) is 1. The van der Waals surface area contributed by atoms with E-state index in [4.69, 9.17) is 5.73 Å². The summed E-state index contributed by atoms with van der Waals surface area (Å²) in [6, 6.07) is 8.59. The van der Waals surface area contributed by atoms with E-state index in [1.165, 1.54) is 18.2 Å². The second-order valence-electron chi connectivity index (χ2n) is 5.15. The van der Waals surface area contributed by atoms with E-state index in [0.29, 0.717) is 6.42 Å². The summed E-state index contributed by atoms with van der Waals surface area (Å²) in [6.07, 6.45) is 0.378. The molecule has 1 unspecified atom stereocenters. The van der Waals surface area contributed by atoms with Crippen molar-refractivity contribution in [1.82, 2.24) is 0 Å². The number of carbonyl (C=O) groups is 1. The van der Waals surface area contributed by atoms with Crippen LogP contribution in [0, 0.1) is 11.6 Å². The van der Waals surface area contributed by atoms with Crippen molar-refractivity contribution in [3.63, 3.8) is 0 Å². The van der Waals surface area contributed by atoms with Crippen LogP contribution in [0.1, 0.15) is 22.7 Å². The maximum absolute atomic E-state index is 13.6. The molecule has 0 saturated heterocycles. The zero-order valence-electron chi connectivity index (χ0n) is 11.2. The number of rotatable bonds is 3. The minimum Gasteiger partial charge on any atom is -0.326 e. The predicted molar refractivity (Wildman–Crippen MR) is 75.8 cm³/mol. The first-order chi connectivity index (χ1) is 10.0. The summed E-state index contributed by atoms with van der Waals surface area (Å²) in [6.45, 7) is 0. The lowest BCUT2D eigenvalue weighted by atomic mass is 9.97. The SMILES string of the molecule is NC(Cc1c(F)cccc1F)c1ccc2c(c1)CC(=O)N2. The van der Waals surface area contributed by atoms with Crippen molar-refractivity contribution < 1.29 is 13.6 Å². The number of halogens is 2. The van der Waals surface area contributed by atoms with Gasteiger partial charge in [0.15, 0.2) is 0 Å². The second-order valence-corrected chi connectivity index (χ2v) is 5.15. The molecule has 0 aliphatic carbocycles. The molecule has 3 nitrogen and oxygen atoms in total. The molecule has 1 aliphatic heterocycles. The molecular formula is C16H14F2N2O. The van der Waals surface area contributed by atoms with Gasteiger partial charge < -0.3 is 11.1 Å². The van der Waals surface area contributed by atoms with Gasteiger partial charge in [0, 0.05) is 17.3 Å². The molecule has 0 bridgehead atoms. The van der Waals surface area contributed by atoms with E-state index in [0.717, 1.165) is 16.8 Å². The van der Waals surface area contributed by atoms with Gasteiger partial charge in [-0.3, -0.25) is 4.79 Å². The van der Waals surface area contributed by atoms with E-state index >= 15 is 0 Å². The summed E-state index contributed by atoms with van der Waals surface area (Å²) in [5.41, 5.74) is 8.43. The molecule has 3 N–H and O–H groups in total. The first-order valence-corrected chi connectivity index (χ1v) is 6.66. The van der Waals surface area contributed by atoms with Crippen molar-refractivity contribution in [2.45, 2.75) is 18.9 Å². The van der Waals surface area contributed by atoms with Crippen LogP contribution in [0.4, 0.5) is 14.5 Å². The summed E-state index contributed by atoms with van der Waals surface area (Å²) in [5, 5.41) is 2.73. The van der Waals surface area contributed by atoms with Crippen molar-refractivity contribution in [2.24, 2.45) is 5.73 Å². The zero-order valence-corrected chi connectivity index (χ0v) is 11.2. The first kappa shape index (κ1) is 13.7. The van der Waals surface area contributed by atoms with Crippen molar-refractivity contribution in [3.05, 3.63) is 64.7 Å². The molecule has 1 atom stereocenters. The van der Waals surface area contributed by atoms with Crippen LogP contribution < -0.4 is 11.1 Å². The summed E-state index contributed by atoms with van der Waals surface area (Å²) < 4.78 is 27.3. The van der Waals surface area contributed by atoms with E-state index in [-0.39, 0.29) is 17.9 Å². The fourth-order valence-electron chi connectivity index (χ4n) is 2.54. The average molecular weight is 288 g/mol. The molecule has 0 spiro atoms. The number of amides is 1. The van der Waals surface area contributed by atoms with Gasteiger partial charge in [-0.25, -0.2) is 8.78 Å². The first-order valence-electron chi connectivity index (χ1n) is 6.66. The number of fused-ring (bicyclic) bond motifs is 1. The second kappa shape index (κ2) is 5.26. The maximum atomic E-state index is 13.6. The Balaban J connectivity index is 1.85. The van der Waals surface area contributed by atoms with Crippen LogP contribution in [-0.4, -0.2) is 5.91 Å². The largest absolute Gasteiger partial charge is 0.326 e. The molecule has 1 amide bonds. The van der Waals surface area contributed by atoms with Gasteiger partial charge in [0.2, 0.25) is 5.91 Å². The monoisotopic (exact) mass is 288 g/mol. The molecule has 0 saturated carbocycles. The lowest BCUT2D eigenvalue weighted by Gasteiger charge is -2.14. The van der Waals surface area contributed by atoms with Gasteiger partial charge in [-0.15, -0.1) is 0 Å². The number of benzene rings is 2. The molecule has 1 aliphatic rings. The fraction of sp³-hybridized carbons (Fsp3) is 0.188. The van der Waals surface area contributed by atoms with E-state index in [1.54, 1.807) is 12.1 Å². The number of carbonyl (C=O) groups excluding carboxylic acids is 1. The van der Waals surface area contributed by atoms with Crippen LogP contribution in [0.25, 0.3) is 0 Å². The fourth-order valence-corrected chi connectivity index (χ4v) is 2.54. The molecule has 1 heterocycles. The predicted octanol–water partition coefficient (Wildman–Crippen LogP) is 2.70. The Kier molecular flexibility index (Phi) is 3.43. The highest BCUT2D eigenvalue weighted by Crippen LogP contribution is 2.27. The summed E-state index contributed by atoms with van der Waals surface area (Å²) in [7, 11) is 0. The average Bonchev–Trinajstić information content (AvgIpc) is 2.81. The summed E-state index contributed by atoms with van der Waals surface area (Å²) in [4.78, 5) is 11.3. The van der Waals surface area contributed by atoms with Crippen LogP contribution in [0.3, 0.4) is 0 Å². The third kappa shape index (κ3) is 2.64. The number of hydrogen-bond acceptors (Lipinski definition) is 2. The Hall–Kier alpha value is -2.27. The molecule has 0 aromatic heterocycles. The quantitative estimate of drug-likeness (QED) is 0.912. The maximum Gasteiger partial charge on any atom is 0.228 e. The van der Waals surface area contributed by atoms with E-state index in [2.05, 4.69) is 5.32 Å². The van der Waals surface area contributed by atoms with Gasteiger partial charge in [-0.05, 0) is 35.7 Å². The van der Waals surface area contributed by atoms with E-state index < -0.39 is 17.7 Å². The molecule has 0 radical (unpaired) electrons. The third-order valence-electron chi connectivity index (χ3n) is 3.67. The van der Waals surface area contributed by atoms with Gasteiger partial charge >= 0.3 is 0 Å². The van der Waals surface area contributed by atoms with Crippen molar-refractivity contribution in [3.8, 4) is 0 Å². The molecule has 0 fully saturated rings. The Labute approximate surface area is 120 Å². The van der Waals surface area contributed by atoms with Crippen LogP contribution in [-0.2, 0) is 17.6 Å². The topological polar surface area (TPSA) is 55.1 Å². The Morgan fingerprint density at radius 3 is 2.62 bits per heavy atom. The van der Waals surface area contributed by atoms with E-state index in [1.807, 2.05) is 6.07 Å². The highest BCUT2D eigenvalue weighted by Gasteiger charge is 2.20. The zero-order chi connectivity index (χ0) is 15.0. The van der Waals surface area contributed by atoms with Crippen LogP contribution in [0.15, 0.2) is 36.4 Å². The lowest BCUT2D eigenvalue weighted by molar-refractivity contribution is -0.115. The Morgan fingerprint density at radius 2 is 1.90 bits per heavy atom. The van der Waals surface area contributed by atoms with Crippen molar-refractivity contribution in [1.29, 1.82) is 0 Å². The van der Waals surface area contributed by atoms with Crippen molar-refractivity contribution >= 4 is 11.6 Å². The minimum atomic E-state index is -0.594. The highest BCUT2D eigenvalue weighted by atomic mass is 19.1. The molecule has 108 valence electrons. The molecule has 21 heavy (non-hydrogen) atoms. The number of nitrogens with one attached hydrogen (secondary N) is 1. The van der Waals surface area contributed by atoms with Crippen molar-refractivity contribution in [2.75, 3.05) is 5.32 Å². The van der Waals surface area contributed by atoms with Crippen LogP contribution >= 0.6 is 0 Å². The molecule has 5 heteroatoms. The molecule has 2 aromatic carbocycles. The third-order valence-corrected chi connectivity index (χ3v) is 3.67. The number of anilines is 1. The smallest absolute Gasteiger partial charge is 0.228 e. The normalized spacial score (nSPS) is 14.7. The van der Waals surface area contributed by atoms with Gasteiger partial charge in [-0.2, -0.15) is 0 Å². The van der Waals surface area contributed by atoms with Crippen LogP contribution in [0.2, 0.25) is 0 Å². The number of hydrogen-bond donors (Lipinski definition) is 2. The van der Waals surface area contributed by atoms with Gasteiger partial charge in [0.25, 0.3) is 0 Å². The van der Waals surface area contributed by atoms with Gasteiger partial charge in [-0.1, -0.05) is 18.2 Å². The molecular weight excluding hydrogens is 274 g/mol. The summed E-state index contributed by atoms with van der Waals surface area (Å²) in [5.74, 6) is -1.25. The Bertz CT molecular complexity index is 695. The lowest BCUT2D eigenvalue weighted by Crippen LogP contribution is -2.15. The van der Waals surface area contributed by atoms with Crippen LogP contribution in [0.5, 0.6) is 0 Å². The van der Waals surface area contributed by atoms with E-state index in [9.17, 15) is 13.6 Å².